The molecule has 1 heterocycles. The highest BCUT2D eigenvalue weighted by molar-refractivity contribution is 7.92. The molecule has 0 spiro atoms. The quantitative estimate of drug-likeness (QED) is 0.895. The molecule has 2 N–H and O–H groups in total. The van der Waals surface area contributed by atoms with Crippen molar-refractivity contribution in [2.24, 2.45) is 0 Å². The van der Waals surface area contributed by atoms with Gasteiger partial charge in [0.1, 0.15) is 17.4 Å². The van der Waals surface area contributed by atoms with Crippen molar-refractivity contribution in [3.63, 3.8) is 0 Å². The number of rotatable bonds is 4. The molecule has 0 aliphatic carbocycles. The minimum Gasteiger partial charge on any atom is -0.494 e. The van der Waals surface area contributed by atoms with Gasteiger partial charge in [-0.25, -0.2) is 9.37 Å². The predicted octanol–water partition coefficient (Wildman–Crippen LogP) is 1.67. The van der Waals surface area contributed by atoms with Gasteiger partial charge in [-0.1, -0.05) is 0 Å². The van der Waals surface area contributed by atoms with Crippen molar-refractivity contribution < 1.29 is 17.5 Å². The number of ether oxygens (including phenoxy) is 1. The van der Waals surface area contributed by atoms with Crippen LogP contribution in [0.2, 0.25) is 0 Å². The van der Waals surface area contributed by atoms with Crippen LogP contribution in [0, 0.1) is 12.7 Å². The molecular weight excluding hydrogens is 273 g/mol. The molecule has 0 amide bonds. The summed E-state index contributed by atoms with van der Waals surface area (Å²) in [5, 5.41) is -0.0728. The Bertz CT molecular complexity index is 697. The number of nitrogens with zero attached hydrogens (tertiary/aromatic N) is 1. The van der Waals surface area contributed by atoms with Gasteiger partial charge in [0.25, 0.3) is 10.0 Å². The molecule has 102 valence electrons. The second kappa shape index (κ2) is 4.88. The second-order valence-electron chi connectivity index (χ2n) is 3.78. The van der Waals surface area contributed by atoms with Crippen molar-refractivity contribution in [1.82, 2.24) is 9.97 Å². The Balaban J connectivity index is 2.35. The van der Waals surface area contributed by atoms with E-state index >= 15 is 0 Å². The standard InChI is InChI=1S/C11H12FN3O3S/c1-7-13-6-11(14-7)19(16,17)15-9-4-3-8(12)5-10(9)18-2/h3-6,15H,1-2H3,(H,13,14). The molecular formula is C11H12FN3O3S. The molecule has 0 saturated carbocycles. The van der Waals surface area contributed by atoms with Gasteiger partial charge in [0.2, 0.25) is 0 Å². The highest BCUT2D eigenvalue weighted by Crippen LogP contribution is 2.27. The van der Waals surface area contributed by atoms with Crippen LogP contribution in [0.25, 0.3) is 0 Å². The van der Waals surface area contributed by atoms with Crippen LogP contribution in [0.4, 0.5) is 10.1 Å². The maximum Gasteiger partial charge on any atom is 0.279 e. The number of halogens is 1. The van der Waals surface area contributed by atoms with Crippen LogP contribution < -0.4 is 9.46 Å². The van der Waals surface area contributed by atoms with Gasteiger partial charge >= 0.3 is 0 Å². The maximum atomic E-state index is 13.0. The Hall–Kier alpha value is -2.09. The van der Waals surface area contributed by atoms with Gasteiger partial charge in [-0.3, -0.25) is 4.72 Å². The van der Waals surface area contributed by atoms with E-state index < -0.39 is 15.8 Å². The molecule has 0 unspecified atom stereocenters. The van der Waals surface area contributed by atoms with Gasteiger partial charge in [0.15, 0.2) is 5.03 Å². The molecule has 8 heteroatoms. The van der Waals surface area contributed by atoms with E-state index in [2.05, 4.69) is 14.7 Å². The molecule has 0 aliphatic rings. The van der Waals surface area contributed by atoms with E-state index in [4.69, 9.17) is 4.74 Å². The van der Waals surface area contributed by atoms with Crippen molar-refractivity contribution >= 4 is 15.7 Å². The zero-order valence-corrected chi connectivity index (χ0v) is 11.1. The van der Waals surface area contributed by atoms with Gasteiger partial charge in [-0.15, -0.1) is 0 Å². The van der Waals surface area contributed by atoms with Crippen LogP contribution in [-0.2, 0) is 10.0 Å². The molecule has 0 radical (unpaired) electrons. The van der Waals surface area contributed by atoms with Crippen LogP contribution >= 0.6 is 0 Å². The molecule has 2 aromatic rings. The molecule has 0 bridgehead atoms. The normalized spacial score (nSPS) is 11.3. The summed E-state index contributed by atoms with van der Waals surface area (Å²) >= 11 is 0. The Morgan fingerprint density at radius 2 is 2.16 bits per heavy atom. The van der Waals surface area contributed by atoms with Crippen molar-refractivity contribution in [2.75, 3.05) is 11.8 Å². The number of sulfonamides is 1. The minimum atomic E-state index is -3.81. The fourth-order valence-corrected chi connectivity index (χ4v) is 2.53. The molecule has 19 heavy (non-hydrogen) atoms. The number of nitrogens with one attached hydrogen (secondary N) is 2. The first-order valence-electron chi connectivity index (χ1n) is 5.30. The molecule has 0 saturated heterocycles. The molecule has 0 aliphatic heterocycles. The van der Waals surface area contributed by atoms with Gasteiger partial charge in [-0.05, 0) is 19.1 Å². The Morgan fingerprint density at radius 1 is 1.42 bits per heavy atom. The zero-order valence-electron chi connectivity index (χ0n) is 10.3. The van der Waals surface area contributed by atoms with Crippen molar-refractivity contribution in [3.05, 3.63) is 36.0 Å². The minimum absolute atomic E-state index is 0.0728. The predicted molar refractivity (Wildman–Crippen MR) is 67.1 cm³/mol. The molecule has 1 aromatic heterocycles. The summed E-state index contributed by atoms with van der Waals surface area (Å²) in [6, 6.07) is 3.52. The van der Waals surface area contributed by atoms with Crippen LogP contribution in [-0.4, -0.2) is 25.5 Å². The van der Waals surface area contributed by atoms with E-state index in [-0.39, 0.29) is 16.5 Å². The summed E-state index contributed by atoms with van der Waals surface area (Å²) in [6.45, 7) is 1.64. The molecule has 0 atom stereocenters. The van der Waals surface area contributed by atoms with Crippen LogP contribution in [0.1, 0.15) is 5.82 Å². The fraction of sp³-hybridized carbons (Fsp3) is 0.182. The van der Waals surface area contributed by atoms with Crippen molar-refractivity contribution in [2.45, 2.75) is 11.9 Å². The SMILES string of the molecule is COc1cc(F)ccc1NS(=O)(=O)c1cnc(C)[nH]1. The first-order chi connectivity index (χ1) is 8.92. The lowest BCUT2D eigenvalue weighted by Crippen LogP contribution is -2.14. The van der Waals surface area contributed by atoms with Crippen LogP contribution in [0.5, 0.6) is 5.75 Å². The lowest BCUT2D eigenvalue weighted by Gasteiger charge is -2.10. The molecule has 2 rings (SSSR count). The Kier molecular flexibility index (Phi) is 3.43. The smallest absolute Gasteiger partial charge is 0.279 e. The van der Waals surface area contributed by atoms with Crippen LogP contribution in [0.3, 0.4) is 0 Å². The lowest BCUT2D eigenvalue weighted by molar-refractivity contribution is 0.413. The summed E-state index contributed by atoms with van der Waals surface area (Å²) in [7, 11) is -2.48. The number of benzene rings is 1. The number of methoxy groups -OCH3 is 1. The number of aromatic nitrogens is 2. The largest absolute Gasteiger partial charge is 0.494 e. The van der Waals surface area contributed by atoms with E-state index in [9.17, 15) is 12.8 Å². The summed E-state index contributed by atoms with van der Waals surface area (Å²) < 4.78 is 44.3. The fourth-order valence-electron chi connectivity index (χ4n) is 1.48. The first kappa shape index (κ1) is 13.3. The second-order valence-corrected chi connectivity index (χ2v) is 5.43. The summed E-state index contributed by atoms with van der Waals surface area (Å²) in [4.78, 5) is 6.42. The Labute approximate surface area is 109 Å². The van der Waals surface area contributed by atoms with Crippen molar-refractivity contribution in [1.29, 1.82) is 0 Å². The molecule has 1 aromatic carbocycles. The average Bonchev–Trinajstić information content (AvgIpc) is 2.79. The van der Waals surface area contributed by atoms with Gasteiger partial charge in [0, 0.05) is 6.07 Å². The highest BCUT2D eigenvalue weighted by Gasteiger charge is 2.18. The molecule has 6 nitrogen and oxygen atoms in total. The van der Waals surface area contributed by atoms with E-state index in [1.165, 1.54) is 19.4 Å². The number of H-pyrrole nitrogens is 1. The monoisotopic (exact) mass is 285 g/mol. The van der Waals surface area contributed by atoms with E-state index in [0.29, 0.717) is 5.82 Å². The summed E-state index contributed by atoms with van der Waals surface area (Å²) in [6.07, 6.45) is 1.20. The van der Waals surface area contributed by atoms with Gasteiger partial charge in [-0.2, -0.15) is 8.42 Å². The third-order valence-electron chi connectivity index (χ3n) is 2.38. The summed E-state index contributed by atoms with van der Waals surface area (Å²) in [5.41, 5.74) is 0.149. The number of imidazole rings is 1. The zero-order chi connectivity index (χ0) is 14.0. The number of aryl methyl sites for hydroxylation is 1. The molecule has 0 fully saturated rings. The van der Waals surface area contributed by atoms with Gasteiger partial charge in [0.05, 0.1) is 19.0 Å². The highest BCUT2D eigenvalue weighted by atomic mass is 32.2. The number of aromatic amines is 1. The van der Waals surface area contributed by atoms with E-state index in [1.807, 2.05) is 0 Å². The average molecular weight is 285 g/mol. The van der Waals surface area contributed by atoms with Crippen molar-refractivity contribution in [3.8, 4) is 5.75 Å². The maximum absolute atomic E-state index is 13.0. The van der Waals surface area contributed by atoms with E-state index in [1.54, 1.807) is 6.92 Å². The topological polar surface area (TPSA) is 84.1 Å². The third-order valence-corrected chi connectivity index (χ3v) is 3.65. The van der Waals surface area contributed by atoms with Crippen LogP contribution in [0.15, 0.2) is 29.4 Å². The van der Waals surface area contributed by atoms with Gasteiger partial charge < -0.3 is 9.72 Å². The first-order valence-corrected chi connectivity index (χ1v) is 6.78. The summed E-state index contributed by atoms with van der Waals surface area (Å²) in [5.74, 6) is 0.0587. The number of hydrogen-bond donors (Lipinski definition) is 2. The number of anilines is 1. The lowest BCUT2D eigenvalue weighted by atomic mass is 10.3. The van der Waals surface area contributed by atoms with E-state index in [0.717, 1.165) is 12.1 Å². The third kappa shape index (κ3) is 2.84. The number of hydrogen-bond acceptors (Lipinski definition) is 4. The Morgan fingerprint density at radius 3 is 2.74 bits per heavy atom.